The predicted molar refractivity (Wildman–Crippen MR) is 103 cm³/mol. The minimum Gasteiger partial charge on any atom is -0.441 e. The number of hydrogen-bond donors (Lipinski definition) is 1. The van der Waals surface area contributed by atoms with Crippen LogP contribution in [-0.4, -0.2) is 10.9 Å². The van der Waals surface area contributed by atoms with E-state index in [0.717, 1.165) is 17.5 Å². The first-order valence-corrected chi connectivity index (χ1v) is 9.11. The van der Waals surface area contributed by atoms with Crippen LogP contribution in [0, 0.1) is 12.7 Å². The predicted octanol–water partition coefficient (Wildman–Crippen LogP) is 4.99. The molecule has 4 nitrogen and oxygen atoms in total. The number of nitrogens with one attached hydrogen (secondary N) is 1. The van der Waals surface area contributed by atoms with Crippen LogP contribution >= 0.6 is 0 Å². The number of oxazole rings is 1. The zero-order valence-corrected chi connectivity index (χ0v) is 15.5. The van der Waals surface area contributed by atoms with Crippen LogP contribution < -0.4 is 5.32 Å². The van der Waals surface area contributed by atoms with Crippen LogP contribution in [0.4, 0.5) is 4.39 Å². The van der Waals surface area contributed by atoms with Crippen molar-refractivity contribution in [1.29, 1.82) is 0 Å². The van der Waals surface area contributed by atoms with Gasteiger partial charge in [-0.15, -0.1) is 0 Å². The zero-order valence-electron chi connectivity index (χ0n) is 15.5. The molecule has 3 aromatic rings. The second-order valence-electron chi connectivity index (χ2n) is 6.56. The molecular formula is C22H23FN2O2. The molecule has 0 aliphatic heterocycles. The summed E-state index contributed by atoms with van der Waals surface area (Å²) in [5.74, 6) is 0.725. The van der Waals surface area contributed by atoms with Crippen LogP contribution in [0.15, 0.2) is 59.1 Å². The molecule has 0 spiro atoms. The van der Waals surface area contributed by atoms with Gasteiger partial charge in [0.2, 0.25) is 5.91 Å². The van der Waals surface area contributed by atoms with Crippen molar-refractivity contribution in [3.63, 3.8) is 0 Å². The number of nitrogens with zero attached hydrogens (tertiary/aromatic N) is 1. The molecule has 0 saturated heterocycles. The summed E-state index contributed by atoms with van der Waals surface area (Å²) in [5.41, 5.74) is 3.05. The van der Waals surface area contributed by atoms with Gasteiger partial charge in [-0.2, -0.15) is 0 Å². The van der Waals surface area contributed by atoms with E-state index in [-0.39, 0.29) is 17.8 Å². The van der Waals surface area contributed by atoms with Gasteiger partial charge in [0.25, 0.3) is 0 Å². The number of hydrogen-bond acceptors (Lipinski definition) is 3. The van der Waals surface area contributed by atoms with Crippen LogP contribution in [0.1, 0.15) is 42.8 Å². The molecule has 1 atom stereocenters. The van der Waals surface area contributed by atoms with Gasteiger partial charge < -0.3 is 9.73 Å². The van der Waals surface area contributed by atoms with E-state index in [2.05, 4.69) is 10.3 Å². The van der Waals surface area contributed by atoms with E-state index in [4.69, 9.17) is 4.42 Å². The van der Waals surface area contributed by atoms with E-state index in [0.29, 0.717) is 24.5 Å². The number of halogens is 1. The monoisotopic (exact) mass is 366 g/mol. The number of amides is 1. The largest absolute Gasteiger partial charge is 0.441 e. The first-order chi connectivity index (χ1) is 13.0. The van der Waals surface area contributed by atoms with Gasteiger partial charge >= 0.3 is 0 Å². The highest BCUT2D eigenvalue weighted by Gasteiger charge is 2.14. The molecule has 27 heavy (non-hydrogen) atoms. The average Bonchev–Trinajstić information content (AvgIpc) is 3.15. The first kappa shape index (κ1) is 18.8. The lowest BCUT2D eigenvalue weighted by atomic mass is 10.0. The topological polar surface area (TPSA) is 55.1 Å². The zero-order chi connectivity index (χ0) is 19.2. The van der Waals surface area contributed by atoms with E-state index >= 15 is 0 Å². The molecule has 140 valence electrons. The molecular weight excluding hydrogens is 343 g/mol. The Bertz CT molecular complexity index is 885. The third-order valence-electron chi connectivity index (χ3n) is 4.47. The number of benzene rings is 2. The van der Waals surface area contributed by atoms with E-state index < -0.39 is 0 Å². The maximum Gasteiger partial charge on any atom is 0.220 e. The van der Waals surface area contributed by atoms with Crippen LogP contribution in [0.5, 0.6) is 0 Å². The SMILES string of the molecule is CCC(NC(=O)CCc1ncc(-c2ccc(F)cc2)o1)c1ccc(C)cc1. The molecule has 0 bridgehead atoms. The standard InChI is InChI=1S/C22H23FN2O2/c1-3-19(16-6-4-15(2)5-7-16)25-21(26)12-13-22-24-14-20(27-22)17-8-10-18(23)11-9-17/h4-11,14,19H,3,12-13H2,1-2H3,(H,25,26). The molecule has 0 aliphatic carbocycles. The van der Waals surface area contributed by atoms with Gasteiger partial charge in [0.05, 0.1) is 12.2 Å². The van der Waals surface area contributed by atoms with Gasteiger partial charge in [0, 0.05) is 18.4 Å². The second kappa shape index (κ2) is 8.62. The fourth-order valence-electron chi connectivity index (χ4n) is 2.88. The third-order valence-corrected chi connectivity index (χ3v) is 4.47. The van der Waals surface area contributed by atoms with Gasteiger partial charge in [-0.25, -0.2) is 9.37 Å². The highest BCUT2D eigenvalue weighted by molar-refractivity contribution is 5.76. The number of carbonyl (C=O) groups is 1. The van der Waals surface area contributed by atoms with Crippen LogP contribution in [0.3, 0.4) is 0 Å². The summed E-state index contributed by atoms with van der Waals surface area (Å²) in [7, 11) is 0. The molecule has 1 unspecified atom stereocenters. The fourth-order valence-corrected chi connectivity index (χ4v) is 2.88. The van der Waals surface area contributed by atoms with Crippen LogP contribution in [0.2, 0.25) is 0 Å². The van der Waals surface area contributed by atoms with Gasteiger partial charge in [-0.05, 0) is 43.2 Å². The molecule has 1 amide bonds. The number of aryl methyl sites for hydroxylation is 2. The average molecular weight is 366 g/mol. The maximum atomic E-state index is 13.0. The first-order valence-electron chi connectivity index (χ1n) is 9.11. The Balaban J connectivity index is 1.55. The van der Waals surface area contributed by atoms with Crippen molar-refractivity contribution in [2.24, 2.45) is 0 Å². The van der Waals surface area contributed by atoms with E-state index in [9.17, 15) is 9.18 Å². The third kappa shape index (κ3) is 5.03. The van der Waals surface area contributed by atoms with Crippen molar-refractivity contribution in [3.8, 4) is 11.3 Å². The molecule has 3 rings (SSSR count). The Morgan fingerprint density at radius 1 is 1.15 bits per heavy atom. The Labute approximate surface area is 158 Å². The fraction of sp³-hybridized carbons (Fsp3) is 0.273. The maximum absolute atomic E-state index is 13.0. The summed E-state index contributed by atoms with van der Waals surface area (Å²) in [6, 6.07) is 14.2. The minimum atomic E-state index is -0.297. The summed E-state index contributed by atoms with van der Waals surface area (Å²) in [4.78, 5) is 16.5. The minimum absolute atomic E-state index is 0.00237. The van der Waals surface area contributed by atoms with Crippen LogP contribution in [-0.2, 0) is 11.2 Å². The van der Waals surface area contributed by atoms with Crippen molar-refractivity contribution in [1.82, 2.24) is 10.3 Å². The summed E-state index contributed by atoms with van der Waals surface area (Å²) in [6.07, 6.45) is 3.13. The van der Waals surface area contributed by atoms with Gasteiger partial charge in [-0.1, -0.05) is 36.8 Å². The molecule has 0 radical (unpaired) electrons. The van der Waals surface area contributed by atoms with Crippen LogP contribution in [0.25, 0.3) is 11.3 Å². The van der Waals surface area contributed by atoms with Gasteiger partial charge in [-0.3, -0.25) is 4.79 Å². The molecule has 0 aliphatic rings. The molecule has 2 aromatic carbocycles. The quantitative estimate of drug-likeness (QED) is 0.641. The Morgan fingerprint density at radius 3 is 2.52 bits per heavy atom. The lowest BCUT2D eigenvalue weighted by Crippen LogP contribution is -2.28. The lowest BCUT2D eigenvalue weighted by molar-refractivity contribution is -0.121. The van der Waals surface area contributed by atoms with E-state index in [1.165, 1.54) is 17.7 Å². The smallest absolute Gasteiger partial charge is 0.220 e. The van der Waals surface area contributed by atoms with Crippen molar-refractivity contribution in [3.05, 3.63) is 77.6 Å². The van der Waals surface area contributed by atoms with Crippen molar-refractivity contribution in [2.75, 3.05) is 0 Å². The molecule has 1 aromatic heterocycles. The summed E-state index contributed by atoms with van der Waals surface area (Å²) >= 11 is 0. The molecule has 1 N–H and O–H groups in total. The molecule has 1 heterocycles. The van der Waals surface area contributed by atoms with Gasteiger partial charge in [0.1, 0.15) is 5.82 Å². The number of carbonyl (C=O) groups excluding carboxylic acids is 1. The van der Waals surface area contributed by atoms with Crippen molar-refractivity contribution >= 4 is 5.91 Å². The second-order valence-corrected chi connectivity index (χ2v) is 6.56. The van der Waals surface area contributed by atoms with Crippen molar-refractivity contribution in [2.45, 2.75) is 39.2 Å². The van der Waals surface area contributed by atoms with Crippen molar-refractivity contribution < 1.29 is 13.6 Å². The summed E-state index contributed by atoms with van der Waals surface area (Å²) in [5, 5.41) is 3.07. The Kier molecular flexibility index (Phi) is 6.01. The molecule has 5 heteroatoms. The normalized spacial score (nSPS) is 12.0. The Hall–Kier alpha value is -2.95. The lowest BCUT2D eigenvalue weighted by Gasteiger charge is -2.17. The molecule has 0 fully saturated rings. The van der Waals surface area contributed by atoms with E-state index in [1.807, 2.05) is 38.1 Å². The highest BCUT2D eigenvalue weighted by atomic mass is 19.1. The molecule has 0 saturated carbocycles. The van der Waals surface area contributed by atoms with Gasteiger partial charge in [0.15, 0.2) is 11.7 Å². The highest BCUT2D eigenvalue weighted by Crippen LogP contribution is 2.21. The number of aromatic nitrogens is 1. The summed E-state index contributed by atoms with van der Waals surface area (Å²) in [6.45, 7) is 4.09. The Morgan fingerprint density at radius 2 is 1.85 bits per heavy atom. The number of rotatable bonds is 7. The summed E-state index contributed by atoms with van der Waals surface area (Å²) < 4.78 is 18.7. The van der Waals surface area contributed by atoms with E-state index in [1.54, 1.807) is 18.3 Å².